The second-order valence-corrected chi connectivity index (χ2v) is 3.97. The van der Waals surface area contributed by atoms with Crippen molar-refractivity contribution >= 4 is 27.6 Å². The summed E-state index contributed by atoms with van der Waals surface area (Å²) in [5.41, 5.74) is 1.08. The molecule has 2 rings (SSSR count). The number of rotatable bonds is 2. The van der Waals surface area contributed by atoms with Gasteiger partial charge < -0.3 is 0 Å². The van der Waals surface area contributed by atoms with Gasteiger partial charge in [-0.2, -0.15) is 0 Å². The molecule has 70 valence electrons. The van der Waals surface area contributed by atoms with Crippen molar-refractivity contribution in [2.75, 3.05) is 0 Å². The Kier molecular flexibility index (Phi) is 2.75. The van der Waals surface area contributed by atoms with Crippen molar-refractivity contribution in [1.29, 1.82) is 0 Å². The Balaban J connectivity index is 2.35. The number of allylic oxidation sites excluding steroid dienone is 3. The molecule has 0 saturated carbocycles. The standard InChI is InChI=1S/C12H11NS/c1-2-3-4-9-12-13-10-7-5-6-8-11(10)14-12/h2-9H,1H3/b3-2-,9-4+. The van der Waals surface area contributed by atoms with Gasteiger partial charge in [-0.25, -0.2) is 4.98 Å². The predicted molar refractivity (Wildman–Crippen MR) is 63.5 cm³/mol. The van der Waals surface area contributed by atoms with E-state index in [0.29, 0.717) is 0 Å². The van der Waals surface area contributed by atoms with Gasteiger partial charge in [0.25, 0.3) is 0 Å². The average Bonchev–Trinajstić information content (AvgIpc) is 2.60. The zero-order valence-electron chi connectivity index (χ0n) is 7.97. The van der Waals surface area contributed by atoms with Gasteiger partial charge >= 0.3 is 0 Å². The van der Waals surface area contributed by atoms with Crippen LogP contribution in [0.3, 0.4) is 0 Å². The van der Waals surface area contributed by atoms with Crippen molar-refractivity contribution in [2.45, 2.75) is 6.92 Å². The van der Waals surface area contributed by atoms with Gasteiger partial charge in [-0.3, -0.25) is 0 Å². The van der Waals surface area contributed by atoms with Gasteiger partial charge in [0.15, 0.2) is 0 Å². The monoisotopic (exact) mass is 201 g/mol. The lowest BCUT2D eigenvalue weighted by Gasteiger charge is -1.80. The summed E-state index contributed by atoms with van der Waals surface area (Å²) in [6.45, 7) is 2.00. The molecule has 1 heterocycles. The number of benzene rings is 1. The normalized spacial score (nSPS) is 12.1. The van der Waals surface area contributed by atoms with Gasteiger partial charge in [-0.1, -0.05) is 30.4 Å². The first-order valence-electron chi connectivity index (χ1n) is 4.55. The number of nitrogens with zero attached hydrogens (tertiary/aromatic N) is 1. The number of thiazole rings is 1. The molecule has 0 saturated heterocycles. The summed E-state index contributed by atoms with van der Waals surface area (Å²) in [4.78, 5) is 4.48. The lowest BCUT2D eigenvalue weighted by atomic mass is 10.3. The Morgan fingerprint density at radius 1 is 1.21 bits per heavy atom. The first-order valence-corrected chi connectivity index (χ1v) is 5.37. The topological polar surface area (TPSA) is 12.9 Å². The predicted octanol–water partition coefficient (Wildman–Crippen LogP) is 3.89. The first kappa shape index (κ1) is 9.16. The Morgan fingerprint density at radius 2 is 2.07 bits per heavy atom. The summed E-state index contributed by atoms with van der Waals surface area (Å²) >= 11 is 1.72. The molecule has 1 nitrogen and oxygen atoms in total. The van der Waals surface area contributed by atoms with Gasteiger partial charge in [-0.05, 0) is 25.1 Å². The molecule has 0 radical (unpaired) electrons. The van der Waals surface area contributed by atoms with Crippen molar-refractivity contribution in [1.82, 2.24) is 4.98 Å². The molecule has 0 aliphatic carbocycles. The highest BCUT2D eigenvalue weighted by atomic mass is 32.1. The maximum Gasteiger partial charge on any atom is 0.117 e. The number of aromatic nitrogens is 1. The summed E-state index contributed by atoms with van der Waals surface area (Å²) in [5, 5.41) is 1.06. The SMILES string of the molecule is C/C=C\C=C\c1nc2ccccc2s1. The third kappa shape index (κ3) is 1.91. The summed E-state index contributed by atoms with van der Waals surface area (Å²) in [5.74, 6) is 0. The molecule has 0 bridgehead atoms. The van der Waals surface area contributed by atoms with E-state index in [0.717, 1.165) is 10.5 Å². The average molecular weight is 201 g/mol. The largest absolute Gasteiger partial charge is 0.237 e. The molecule has 2 heteroatoms. The molecule has 0 fully saturated rings. The van der Waals surface area contributed by atoms with E-state index in [2.05, 4.69) is 11.1 Å². The highest BCUT2D eigenvalue weighted by Gasteiger charge is 1.97. The van der Waals surface area contributed by atoms with E-state index in [9.17, 15) is 0 Å². The third-order valence-electron chi connectivity index (χ3n) is 1.85. The molecule has 2 aromatic rings. The van der Waals surface area contributed by atoms with Crippen LogP contribution in [0.2, 0.25) is 0 Å². The molecule has 1 aromatic carbocycles. The molecule has 1 aromatic heterocycles. The van der Waals surface area contributed by atoms with Gasteiger partial charge in [0.1, 0.15) is 5.01 Å². The van der Waals surface area contributed by atoms with Gasteiger partial charge in [0.05, 0.1) is 10.2 Å². The van der Waals surface area contributed by atoms with Crippen LogP contribution in [0, 0.1) is 0 Å². The molecule has 0 aliphatic rings. The summed E-state index contributed by atoms with van der Waals surface area (Å²) < 4.78 is 1.24. The molecule has 0 atom stereocenters. The Labute approximate surface area is 87.4 Å². The highest BCUT2D eigenvalue weighted by Crippen LogP contribution is 2.22. The molecular formula is C12H11NS. The summed E-state index contributed by atoms with van der Waals surface area (Å²) in [7, 11) is 0. The molecule has 14 heavy (non-hydrogen) atoms. The van der Waals surface area contributed by atoms with E-state index < -0.39 is 0 Å². The second-order valence-electron chi connectivity index (χ2n) is 2.90. The van der Waals surface area contributed by atoms with Crippen LogP contribution < -0.4 is 0 Å². The van der Waals surface area contributed by atoms with Crippen LogP contribution in [0.25, 0.3) is 16.3 Å². The lowest BCUT2D eigenvalue weighted by molar-refractivity contribution is 1.46. The number of hydrogen-bond acceptors (Lipinski definition) is 2. The smallest absolute Gasteiger partial charge is 0.117 e. The fraction of sp³-hybridized carbons (Fsp3) is 0.0833. The molecule has 0 aliphatic heterocycles. The minimum atomic E-state index is 1.06. The highest BCUT2D eigenvalue weighted by molar-refractivity contribution is 7.19. The van der Waals surface area contributed by atoms with Gasteiger partial charge in [-0.15, -0.1) is 11.3 Å². The summed E-state index contributed by atoms with van der Waals surface area (Å²) in [6, 6.07) is 8.19. The maximum absolute atomic E-state index is 4.48. The number of fused-ring (bicyclic) bond motifs is 1. The van der Waals surface area contributed by atoms with Crippen molar-refractivity contribution in [3.8, 4) is 0 Å². The van der Waals surface area contributed by atoms with Crippen molar-refractivity contribution in [3.05, 3.63) is 47.5 Å². The van der Waals surface area contributed by atoms with Crippen molar-refractivity contribution in [2.24, 2.45) is 0 Å². The number of hydrogen-bond donors (Lipinski definition) is 0. The minimum absolute atomic E-state index is 1.06. The van der Waals surface area contributed by atoms with Gasteiger partial charge in [0, 0.05) is 0 Å². The molecule has 0 amide bonds. The van der Waals surface area contributed by atoms with E-state index >= 15 is 0 Å². The van der Waals surface area contributed by atoms with E-state index in [-0.39, 0.29) is 0 Å². The van der Waals surface area contributed by atoms with Gasteiger partial charge in [0.2, 0.25) is 0 Å². The van der Waals surface area contributed by atoms with Crippen LogP contribution in [0.5, 0.6) is 0 Å². The van der Waals surface area contributed by atoms with E-state index in [1.807, 2.05) is 49.4 Å². The summed E-state index contributed by atoms with van der Waals surface area (Å²) in [6.07, 6.45) is 8.05. The minimum Gasteiger partial charge on any atom is -0.237 e. The zero-order valence-corrected chi connectivity index (χ0v) is 8.79. The van der Waals surface area contributed by atoms with Crippen LogP contribution >= 0.6 is 11.3 Å². The molecule has 0 N–H and O–H groups in total. The quantitative estimate of drug-likeness (QED) is 0.672. The van der Waals surface area contributed by atoms with Crippen molar-refractivity contribution in [3.63, 3.8) is 0 Å². The van der Waals surface area contributed by atoms with Crippen LogP contribution in [0.4, 0.5) is 0 Å². The second kappa shape index (κ2) is 4.20. The zero-order chi connectivity index (χ0) is 9.80. The Hall–Kier alpha value is -1.41. The van der Waals surface area contributed by atoms with Crippen LogP contribution in [0.1, 0.15) is 11.9 Å². The fourth-order valence-corrected chi connectivity index (χ4v) is 2.09. The third-order valence-corrected chi connectivity index (χ3v) is 2.85. The lowest BCUT2D eigenvalue weighted by Crippen LogP contribution is -1.66. The van der Waals surface area contributed by atoms with Crippen LogP contribution in [-0.4, -0.2) is 4.98 Å². The number of para-hydroxylation sites is 1. The van der Waals surface area contributed by atoms with Crippen LogP contribution in [0.15, 0.2) is 42.5 Å². The maximum atomic E-state index is 4.48. The Morgan fingerprint density at radius 3 is 2.86 bits per heavy atom. The first-order chi connectivity index (χ1) is 6.90. The fourth-order valence-electron chi connectivity index (χ4n) is 1.21. The van der Waals surface area contributed by atoms with E-state index in [1.165, 1.54) is 4.70 Å². The van der Waals surface area contributed by atoms with E-state index in [1.54, 1.807) is 11.3 Å². The molecule has 0 unspecified atom stereocenters. The Bertz CT molecular complexity index is 447. The van der Waals surface area contributed by atoms with Crippen LogP contribution in [-0.2, 0) is 0 Å². The van der Waals surface area contributed by atoms with E-state index in [4.69, 9.17) is 0 Å². The van der Waals surface area contributed by atoms with Crippen molar-refractivity contribution < 1.29 is 0 Å². The molecule has 0 spiro atoms. The molecular weight excluding hydrogens is 190 g/mol.